The lowest BCUT2D eigenvalue weighted by atomic mass is 10.1. The van der Waals surface area contributed by atoms with Crippen LogP contribution in [-0.4, -0.2) is 32.4 Å². The fourth-order valence-electron chi connectivity index (χ4n) is 2.42. The van der Waals surface area contributed by atoms with Crippen molar-refractivity contribution >= 4 is 17.3 Å². The lowest BCUT2D eigenvalue weighted by Crippen LogP contribution is -2.23. The van der Waals surface area contributed by atoms with Gasteiger partial charge in [0.15, 0.2) is 11.5 Å². The van der Waals surface area contributed by atoms with Crippen molar-refractivity contribution in [3.05, 3.63) is 40.1 Å². The van der Waals surface area contributed by atoms with Crippen LogP contribution in [0.25, 0.3) is 0 Å². The lowest BCUT2D eigenvalue weighted by molar-refractivity contribution is -0.137. The van der Waals surface area contributed by atoms with E-state index in [1.54, 1.807) is 38.7 Å². The van der Waals surface area contributed by atoms with E-state index < -0.39 is 5.97 Å². The third-order valence-corrected chi connectivity index (χ3v) is 4.35. The van der Waals surface area contributed by atoms with Crippen molar-refractivity contribution in [2.24, 2.45) is 0 Å². The van der Waals surface area contributed by atoms with Gasteiger partial charge in [0, 0.05) is 24.2 Å². The quantitative estimate of drug-likeness (QED) is 0.723. The number of ether oxygens (including phenoxy) is 3. The number of rotatable bonds is 9. The first-order valence-corrected chi connectivity index (χ1v) is 8.29. The van der Waals surface area contributed by atoms with Crippen LogP contribution in [0.15, 0.2) is 29.0 Å². The molecule has 7 heteroatoms. The van der Waals surface area contributed by atoms with Gasteiger partial charge in [-0.2, -0.15) is 11.3 Å². The van der Waals surface area contributed by atoms with Gasteiger partial charge in [0.25, 0.3) is 0 Å². The summed E-state index contributed by atoms with van der Waals surface area (Å²) in [7, 11) is 4.72. The summed E-state index contributed by atoms with van der Waals surface area (Å²) in [6.45, 7) is 0.442. The molecule has 0 aliphatic rings. The number of carboxylic acids is 1. The summed E-state index contributed by atoms with van der Waals surface area (Å²) in [4.78, 5) is 11.1. The van der Waals surface area contributed by atoms with E-state index in [0.717, 1.165) is 11.1 Å². The largest absolute Gasteiger partial charge is 0.496 e. The minimum Gasteiger partial charge on any atom is -0.496 e. The highest BCUT2D eigenvalue weighted by atomic mass is 32.1. The minimum atomic E-state index is -0.849. The molecule has 1 aromatic heterocycles. The van der Waals surface area contributed by atoms with Crippen LogP contribution in [-0.2, 0) is 11.3 Å². The van der Waals surface area contributed by atoms with Crippen LogP contribution in [0.4, 0.5) is 0 Å². The molecule has 0 unspecified atom stereocenters. The Balaban J connectivity index is 2.20. The van der Waals surface area contributed by atoms with Crippen molar-refractivity contribution in [1.82, 2.24) is 5.32 Å². The summed E-state index contributed by atoms with van der Waals surface area (Å²) in [5, 5.41) is 16.3. The molecule has 1 heterocycles. The smallest absolute Gasteiger partial charge is 0.305 e. The van der Waals surface area contributed by atoms with E-state index >= 15 is 0 Å². The van der Waals surface area contributed by atoms with Gasteiger partial charge in [-0.15, -0.1) is 0 Å². The van der Waals surface area contributed by atoms with Gasteiger partial charge < -0.3 is 24.6 Å². The highest BCUT2D eigenvalue weighted by Crippen LogP contribution is 2.35. The number of carbonyl (C=O) groups is 1. The van der Waals surface area contributed by atoms with Crippen molar-refractivity contribution in [3.8, 4) is 17.2 Å². The zero-order chi connectivity index (χ0) is 17.5. The maximum atomic E-state index is 11.1. The standard InChI is InChI=1S/C17H21NO5S/c1-21-14-8-16(23-3)15(22-2)6-12(14)9-18-13(7-17(19)20)11-4-5-24-10-11/h4-6,8,10,13,18H,7,9H2,1-3H3,(H,19,20)/t13-/m1/s1. The second-order valence-corrected chi connectivity index (χ2v) is 5.89. The monoisotopic (exact) mass is 351 g/mol. The number of hydrogen-bond donors (Lipinski definition) is 2. The SMILES string of the molecule is COc1cc(OC)c(OC)cc1CN[C@H](CC(=O)O)c1ccsc1. The molecule has 0 fully saturated rings. The van der Waals surface area contributed by atoms with E-state index in [1.807, 2.05) is 22.9 Å². The summed E-state index contributed by atoms with van der Waals surface area (Å²) >= 11 is 1.54. The van der Waals surface area contributed by atoms with Crippen LogP contribution < -0.4 is 19.5 Å². The predicted octanol–water partition coefficient (Wildman–Crippen LogP) is 3.08. The van der Waals surface area contributed by atoms with Gasteiger partial charge in [-0.25, -0.2) is 0 Å². The molecule has 2 N–H and O–H groups in total. The number of methoxy groups -OCH3 is 3. The average molecular weight is 351 g/mol. The summed E-state index contributed by atoms with van der Waals surface area (Å²) in [5.41, 5.74) is 1.82. The van der Waals surface area contributed by atoms with E-state index in [4.69, 9.17) is 19.3 Å². The second kappa shape index (κ2) is 8.56. The molecule has 2 aromatic rings. The molecule has 6 nitrogen and oxygen atoms in total. The molecule has 1 aromatic carbocycles. The Kier molecular flexibility index (Phi) is 6.45. The number of nitrogens with one attached hydrogen (secondary N) is 1. The Bertz CT molecular complexity index is 672. The maximum Gasteiger partial charge on any atom is 0.305 e. The summed E-state index contributed by atoms with van der Waals surface area (Å²) in [6, 6.07) is 5.24. The number of thiophene rings is 1. The van der Waals surface area contributed by atoms with Gasteiger partial charge >= 0.3 is 5.97 Å². The van der Waals surface area contributed by atoms with Crippen LogP contribution in [0.1, 0.15) is 23.6 Å². The second-order valence-electron chi connectivity index (χ2n) is 5.11. The van der Waals surface area contributed by atoms with Crippen LogP contribution in [0.5, 0.6) is 17.2 Å². The van der Waals surface area contributed by atoms with Gasteiger partial charge in [0.1, 0.15) is 5.75 Å². The third kappa shape index (κ3) is 4.39. The molecule has 0 saturated heterocycles. The van der Waals surface area contributed by atoms with Gasteiger partial charge in [0.05, 0.1) is 27.8 Å². The van der Waals surface area contributed by atoms with Crippen molar-refractivity contribution < 1.29 is 24.1 Å². The fourth-order valence-corrected chi connectivity index (χ4v) is 3.13. The van der Waals surface area contributed by atoms with E-state index in [2.05, 4.69) is 5.32 Å². The Morgan fingerprint density at radius 2 is 1.83 bits per heavy atom. The maximum absolute atomic E-state index is 11.1. The van der Waals surface area contributed by atoms with E-state index in [1.165, 1.54) is 0 Å². The Morgan fingerprint density at radius 3 is 2.38 bits per heavy atom. The summed E-state index contributed by atoms with van der Waals surface area (Å²) in [6.07, 6.45) is 0.00629. The van der Waals surface area contributed by atoms with Gasteiger partial charge in [-0.05, 0) is 28.5 Å². The third-order valence-electron chi connectivity index (χ3n) is 3.65. The summed E-state index contributed by atoms with van der Waals surface area (Å²) < 4.78 is 16.0. The first-order chi connectivity index (χ1) is 11.6. The highest BCUT2D eigenvalue weighted by Gasteiger charge is 2.18. The lowest BCUT2D eigenvalue weighted by Gasteiger charge is -2.18. The number of benzene rings is 1. The molecule has 0 amide bonds. The zero-order valence-corrected chi connectivity index (χ0v) is 14.7. The normalized spacial score (nSPS) is 11.8. The molecule has 0 radical (unpaired) electrons. The average Bonchev–Trinajstić information content (AvgIpc) is 3.11. The first-order valence-electron chi connectivity index (χ1n) is 7.35. The Morgan fingerprint density at radius 1 is 1.17 bits per heavy atom. The molecule has 0 spiro atoms. The number of carboxylic acid groups (broad SMARTS) is 1. The molecule has 24 heavy (non-hydrogen) atoms. The Labute approximate surface area is 145 Å². The molecule has 2 rings (SSSR count). The highest BCUT2D eigenvalue weighted by molar-refractivity contribution is 7.07. The van der Waals surface area contributed by atoms with Crippen LogP contribution in [0.2, 0.25) is 0 Å². The van der Waals surface area contributed by atoms with Crippen molar-refractivity contribution in [3.63, 3.8) is 0 Å². The fraction of sp³-hybridized carbons (Fsp3) is 0.353. The molecule has 1 atom stereocenters. The first kappa shape index (κ1) is 18.1. The van der Waals surface area contributed by atoms with Crippen molar-refractivity contribution in [2.75, 3.05) is 21.3 Å². The van der Waals surface area contributed by atoms with E-state index in [-0.39, 0.29) is 12.5 Å². The van der Waals surface area contributed by atoms with E-state index in [9.17, 15) is 4.79 Å². The van der Waals surface area contributed by atoms with Crippen LogP contribution in [0, 0.1) is 0 Å². The molecule has 130 valence electrons. The predicted molar refractivity (Wildman–Crippen MR) is 92.3 cm³/mol. The Hall–Kier alpha value is -2.25. The van der Waals surface area contributed by atoms with Gasteiger partial charge in [-0.3, -0.25) is 4.79 Å². The molecule has 0 aliphatic carbocycles. The molecule has 0 aliphatic heterocycles. The summed E-state index contributed by atoms with van der Waals surface area (Å²) in [5.74, 6) is 0.982. The zero-order valence-electron chi connectivity index (χ0n) is 13.9. The van der Waals surface area contributed by atoms with E-state index in [0.29, 0.717) is 23.8 Å². The molecule has 0 bridgehead atoms. The number of hydrogen-bond acceptors (Lipinski definition) is 6. The van der Waals surface area contributed by atoms with Crippen LogP contribution in [0.3, 0.4) is 0 Å². The topological polar surface area (TPSA) is 77.0 Å². The van der Waals surface area contributed by atoms with Crippen molar-refractivity contribution in [1.29, 1.82) is 0 Å². The van der Waals surface area contributed by atoms with Gasteiger partial charge in [-0.1, -0.05) is 0 Å². The number of aliphatic carboxylic acids is 1. The van der Waals surface area contributed by atoms with Crippen LogP contribution >= 0.6 is 11.3 Å². The molecular weight excluding hydrogens is 330 g/mol. The van der Waals surface area contributed by atoms with Gasteiger partial charge in [0.2, 0.25) is 0 Å². The molecular formula is C17H21NO5S. The molecule has 0 saturated carbocycles. The minimum absolute atomic E-state index is 0.00629. The van der Waals surface area contributed by atoms with Crippen molar-refractivity contribution in [2.45, 2.75) is 19.0 Å².